The number of pyridine rings is 1. The van der Waals surface area contributed by atoms with Crippen molar-refractivity contribution in [1.29, 1.82) is 0 Å². The van der Waals surface area contributed by atoms with E-state index in [1.54, 1.807) is 16.5 Å². The molecule has 0 spiro atoms. The van der Waals surface area contributed by atoms with Crippen molar-refractivity contribution in [2.24, 2.45) is 0 Å². The van der Waals surface area contributed by atoms with E-state index in [0.717, 1.165) is 11.2 Å². The first-order chi connectivity index (χ1) is 9.65. The third-order valence-corrected chi connectivity index (χ3v) is 4.23. The maximum absolute atomic E-state index is 6.08. The molecular formula is C13H6Cl2N4S. The number of aromatic nitrogens is 4. The zero-order valence-corrected chi connectivity index (χ0v) is 12.2. The summed E-state index contributed by atoms with van der Waals surface area (Å²) in [6.45, 7) is 0. The van der Waals surface area contributed by atoms with Crippen LogP contribution in [0.15, 0.2) is 36.5 Å². The van der Waals surface area contributed by atoms with Crippen LogP contribution in [0.2, 0.25) is 10.0 Å². The summed E-state index contributed by atoms with van der Waals surface area (Å²) in [7, 11) is 0. The Kier molecular flexibility index (Phi) is 2.51. The zero-order chi connectivity index (χ0) is 13.9. The van der Waals surface area contributed by atoms with Crippen LogP contribution in [-0.4, -0.2) is 18.8 Å². The van der Waals surface area contributed by atoms with Crippen LogP contribution in [-0.2, 0) is 0 Å². The van der Waals surface area contributed by atoms with Crippen LogP contribution < -0.4 is 0 Å². The molecule has 0 atom stereocenters. The lowest BCUT2D eigenvalue weighted by molar-refractivity contribution is 0.963. The Bertz CT molecular complexity index is 1050. The van der Waals surface area contributed by atoms with E-state index in [0.29, 0.717) is 26.1 Å². The number of fused-ring (bicyclic) bond motifs is 4. The minimum Gasteiger partial charge on any atom is -0.278 e. The van der Waals surface area contributed by atoms with E-state index in [-0.39, 0.29) is 0 Å². The number of hydrogen-bond acceptors (Lipinski definition) is 3. The Balaban J connectivity index is 2.32. The Morgan fingerprint density at radius 1 is 1.05 bits per heavy atom. The normalized spacial score (nSPS) is 11.7. The molecule has 4 aromatic rings. The lowest BCUT2D eigenvalue weighted by Crippen LogP contribution is -2.00. The smallest absolute Gasteiger partial charge is 0.239 e. The van der Waals surface area contributed by atoms with Gasteiger partial charge >= 0.3 is 0 Å². The van der Waals surface area contributed by atoms with Gasteiger partial charge in [0.05, 0.1) is 21.1 Å². The molecule has 0 aliphatic heterocycles. The first kappa shape index (κ1) is 12.1. The molecule has 3 heterocycles. The molecule has 0 saturated carbocycles. The average Bonchev–Trinajstić information content (AvgIpc) is 2.77. The van der Waals surface area contributed by atoms with Gasteiger partial charge in [-0.15, -0.1) is 0 Å². The van der Waals surface area contributed by atoms with Crippen LogP contribution in [0.5, 0.6) is 0 Å². The van der Waals surface area contributed by atoms with Gasteiger partial charge in [0, 0.05) is 6.20 Å². The van der Waals surface area contributed by atoms with Crippen molar-refractivity contribution in [2.45, 2.75) is 0 Å². The number of rotatable bonds is 0. The Morgan fingerprint density at radius 3 is 2.70 bits per heavy atom. The highest BCUT2D eigenvalue weighted by Crippen LogP contribution is 2.28. The van der Waals surface area contributed by atoms with Gasteiger partial charge in [0.2, 0.25) is 5.78 Å². The number of imidazole rings is 1. The topological polar surface area (TPSA) is 34.6 Å². The van der Waals surface area contributed by atoms with Gasteiger partial charge in [0.15, 0.2) is 4.77 Å². The van der Waals surface area contributed by atoms with Gasteiger partial charge in [-0.1, -0.05) is 29.3 Å². The first-order valence-corrected chi connectivity index (χ1v) is 6.96. The number of halogens is 2. The molecule has 0 bridgehead atoms. The minimum atomic E-state index is 0.464. The summed E-state index contributed by atoms with van der Waals surface area (Å²) < 4.78 is 4.21. The largest absolute Gasteiger partial charge is 0.278 e. The molecule has 3 aromatic heterocycles. The van der Waals surface area contributed by atoms with E-state index in [1.165, 1.54) is 0 Å². The third kappa shape index (κ3) is 1.57. The number of nitrogens with zero attached hydrogens (tertiary/aromatic N) is 4. The summed E-state index contributed by atoms with van der Waals surface area (Å²) in [5.41, 5.74) is 2.26. The summed E-state index contributed by atoms with van der Waals surface area (Å²) >= 11 is 17.6. The van der Waals surface area contributed by atoms with Gasteiger partial charge in [-0.3, -0.25) is 8.80 Å². The summed E-state index contributed by atoms with van der Waals surface area (Å²) in [6, 6.07) is 9.17. The van der Waals surface area contributed by atoms with Crippen molar-refractivity contribution in [2.75, 3.05) is 0 Å². The second kappa shape index (κ2) is 4.15. The Morgan fingerprint density at radius 2 is 1.85 bits per heavy atom. The van der Waals surface area contributed by atoms with Crippen LogP contribution in [0.3, 0.4) is 0 Å². The molecule has 0 fully saturated rings. The fourth-order valence-corrected chi connectivity index (χ4v) is 2.87. The van der Waals surface area contributed by atoms with Crippen molar-refractivity contribution in [3.8, 4) is 0 Å². The highest BCUT2D eigenvalue weighted by molar-refractivity contribution is 7.71. The Labute approximate surface area is 128 Å². The summed E-state index contributed by atoms with van der Waals surface area (Å²) in [5, 5.41) is 0.930. The molecule has 1 aromatic carbocycles. The average molecular weight is 321 g/mol. The van der Waals surface area contributed by atoms with Crippen molar-refractivity contribution in [3.05, 3.63) is 51.3 Å². The van der Waals surface area contributed by atoms with Gasteiger partial charge in [-0.2, -0.15) is 4.98 Å². The van der Waals surface area contributed by atoms with Gasteiger partial charge < -0.3 is 0 Å². The number of hydrogen-bond donors (Lipinski definition) is 0. The highest BCUT2D eigenvalue weighted by atomic mass is 35.5. The molecule has 98 valence electrons. The third-order valence-electron chi connectivity index (χ3n) is 3.13. The van der Waals surface area contributed by atoms with Crippen molar-refractivity contribution in [1.82, 2.24) is 18.8 Å². The highest BCUT2D eigenvalue weighted by Gasteiger charge is 2.11. The summed E-state index contributed by atoms with van der Waals surface area (Å²) in [4.78, 5) is 8.95. The zero-order valence-electron chi connectivity index (χ0n) is 9.92. The van der Waals surface area contributed by atoms with Crippen LogP contribution in [0.1, 0.15) is 0 Å². The van der Waals surface area contributed by atoms with Gasteiger partial charge in [0.25, 0.3) is 0 Å². The molecule has 0 amide bonds. The molecule has 4 rings (SSSR count). The lowest BCUT2D eigenvalue weighted by atomic mass is 10.3. The van der Waals surface area contributed by atoms with E-state index in [9.17, 15) is 0 Å². The maximum Gasteiger partial charge on any atom is 0.239 e. The predicted octanol–water partition coefficient (Wildman–Crippen LogP) is 4.17. The fourth-order valence-electron chi connectivity index (χ4n) is 2.22. The molecule has 0 saturated heterocycles. The minimum absolute atomic E-state index is 0.464. The van der Waals surface area contributed by atoms with Gasteiger partial charge in [0.1, 0.15) is 5.65 Å². The van der Waals surface area contributed by atoms with Crippen LogP contribution in [0, 0.1) is 4.77 Å². The van der Waals surface area contributed by atoms with E-state index in [2.05, 4.69) is 9.97 Å². The monoisotopic (exact) mass is 320 g/mol. The SMILES string of the molecule is S=c1n2ccccc2nc2nc3cc(Cl)c(Cl)cc3n12. The van der Waals surface area contributed by atoms with E-state index >= 15 is 0 Å². The van der Waals surface area contributed by atoms with Crippen LogP contribution in [0.4, 0.5) is 0 Å². The van der Waals surface area contributed by atoms with Crippen molar-refractivity contribution < 1.29 is 0 Å². The quantitative estimate of drug-likeness (QED) is 0.456. The molecule has 4 nitrogen and oxygen atoms in total. The molecule has 0 radical (unpaired) electrons. The van der Waals surface area contributed by atoms with Gasteiger partial charge in [-0.25, -0.2) is 4.98 Å². The fraction of sp³-hybridized carbons (Fsp3) is 0. The predicted molar refractivity (Wildman–Crippen MR) is 82.3 cm³/mol. The number of benzene rings is 1. The molecular weight excluding hydrogens is 315 g/mol. The first-order valence-electron chi connectivity index (χ1n) is 5.80. The molecule has 0 aliphatic rings. The van der Waals surface area contributed by atoms with Crippen molar-refractivity contribution in [3.63, 3.8) is 0 Å². The summed E-state index contributed by atoms with van der Waals surface area (Å²) in [5.74, 6) is 0.537. The standard InChI is InChI=1S/C13H6Cl2N4S/c14-7-5-9-10(6-8(7)15)19-12(16-9)17-11-3-1-2-4-18(11)13(19)20/h1-6H. The van der Waals surface area contributed by atoms with Crippen LogP contribution in [0.25, 0.3) is 22.5 Å². The molecule has 0 unspecified atom stereocenters. The van der Waals surface area contributed by atoms with E-state index < -0.39 is 0 Å². The van der Waals surface area contributed by atoms with Crippen molar-refractivity contribution >= 4 is 57.9 Å². The summed E-state index contributed by atoms with van der Waals surface area (Å²) in [6.07, 6.45) is 1.87. The van der Waals surface area contributed by atoms with Crippen LogP contribution >= 0.6 is 35.4 Å². The molecule has 20 heavy (non-hydrogen) atoms. The second-order valence-electron chi connectivity index (χ2n) is 4.33. The molecule has 0 N–H and O–H groups in total. The lowest BCUT2D eigenvalue weighted by Gasteiger charge is -2.03. The second-order valence-corrected chi connectivity index (χ2v) is 5.51. The molecule has 7 heteroatoms. The maximum atomic E-state index is 6.08. The van der Waals surface area contributed by atoms with E-state index in [4.69, 9.17) is 35.4 Å². The Hall–Kier alpha value is -1.69. The van der Waals surface area contributed by atoms with Gasteiger partial charge in [-0.05, 0) is 36.5 Å². The van der Waals surface area contributed by atoms with E-state index in [1.807, 2.05) is 28.8 Å². The molecule has 0 aliphatic carbocycles.